The first-order chi connectivity index (χ1) is 15.0. The van der Waals surface area contributed by atoms with Gasteiger partial charge in [-0.15, -0.1) is 0 Å². The van der Waals surface area contributed by atoms with Crippen molar-refractivity contribution in [2.24, 2.45) is 17.6 Å². The van der Waals surface area contributed by atoms with Gasteiger partial charge in [0.2, 0.25) is 5.78 Å². The molecule has 0 aromatic heterocycles. The molecule has 0 heterocycles. The predicted octanol–water partition coefficient (Wildman–Crippen LogP) is 0.915. The van der Waals surface area contributed by atoms with Crippen LogP contribution in [0, 0.1) is 11.8 Å². The Morgan fingerprint density at radius 3 is 2.44 bits per heavy atom. The maximum Gasteiger partial charge on any atom is 0.255 e. The van der Waals surface area contributed by atoms with Crippen molar-refractivity contribution in [2.75, 3.05) is 14.1 Å². The van der Waals surface area contributed by atoms with Gasteiger partial charge in [0.15, 0.2) is 11.4 Å². The summed E-state index contributed by atoms with van der Waals surface area (Å²) in [7, 11) is 3.14. The van der Waals surface area contributed by atoms with Gasteiger partial charge in [-0.1, -0.05) is 19.1 Å². The zero-order valence-electron chi connectivity index (χ0n) is 18.0. The normalized spacial score (nSPS) is 32.0. The third kappa shape index (κ3) is 2.61. The lowest BCUT2D eigenvalue weighted by atomic mass is 9.55. The fraction of sp³-hybridized carbons (Fsp3) is 0.435. The number of carbonyl (C=O) groups excluding carboxylic acids is 3. The molecule has 1 amide bonds. The van der Waals surface area contributed by atoms with E-state index in [4.69, 9.17) is 5.73 Å². The van der Waals surface area contributed by atoms with Gasteiger partial charge in [-0.25, -0.2) is 0 Å². The van der Waals surface area contributed by atoms with Crippen molar-refractivity contribution < 1.29 is 34.8 Å². The molecular weight excluding hydrogens is 416 g/mol. The van der Waals surface area contributed by atoms with Gasteiger partial charge in [-0.2, -0.15) is 0 Å². The van der Waals surface area contributed by atoms with Crippen LogP contribution in [0.3, 0.4) is 0 Å². The minimum atomic E-state index is -2.62. The number of rotatable bonds is 3. The zero-order chi connectivity index (χ0) is 23.7. The van der Waals surface area contributed by atoms with Crippen LogP contribution in [0.2, 0.25) is 0 Å². The number of benzene rings is 1. The van der Waals surface area contributed by atoms with E-state index in [1.807, 2.05) is 6.92 Å². The summed E-state index contributed by atoms with van der Waals surface area (Å²) in [6, 6.07) is 3.71. The highest BCUT2D eigenvalue weighted by Crippen LogP contribution is 2.56. The standard InChI is InChI=1S/C23H26N2O7/c1-4-9-10-6-5-7-13(26)14(10)18(27)15-11(9)8-12-17(25(2)3)19(28)16(22(24)31)21(30)23(12,32)20(15)29/h5-7,9,11-12,17,26-27,30,32H,4,8H2,1-3H3,(H2,24,31)/t9-,11-,12+,17+,23+/m1/s1. The molecule has 9 heteroatoms. The van der Waals surface area contributed by atoms with Crippen LogP contribution < -0.4 is 5.73 Å². The fourth-order valence-corrected chi connectivity index (χ4v) is 5.84. The molecule has 170 valence electrons. The van der Waals surface area contributed by atoms with E-state index in [9.17, 15) is 34.8 Å². The Morgan fingerprint density at radius 1 is 1.22 bits per heavy atom. The minimum Gasteiger partial charge on any atom is -0.508 e. The number of primary amides is 1. The summed E-state index contributed by atoms with van der Waals surface area (Å²) in [6.07, 6.45) is 0.644. The van der Waals surface area contributed by atoms with Crippen LogP contribution in [0.1, 0.15) is 36.8 Å². The number of fused-ring (bicyclic) bond motifs is 3. The van der Waals surface area contributed by atoms with Gasteiger partial charge < -0.3 is 26.2 Å². The number of hydrogen-bond donors (Lipinski definition) is 5. The van der Waals surface area contributed by atoms with Crippen LogP contribution >= 0.6 is 0 Å². The first-order valence-electron chi connectivity index (χ1n) is 10.4. The van der Waals surface area contributed by atoms with Crippen molar-refractivity contribution in [1.82, 2.24) is 4.90 Å². The van der Waals surface area contributed by atoms with Crippen molar-refractivity contribution in [3.63, 3.8) is 0 Å². The van der Waals surface area contributed by atoms with E-state index in [1.54, 1.807) is 26.2 Å². The SMILES string of the molecule is CC[C@@H]1c2cccc(O)c2C(O)=C2C(=O)[C@]3(O)C(O)=C(C(N)=O)C(=O)[C@@H](N(C)C)[C@@H]3C[C@@H]21. The average molecular weight is 442 g/mol. The molecule has 1 aromatic carbocycles. The Hall–Kier alpha value is -3.17. The molecule has 0 unspecified atom stereocenters. The summed E-state index contributed by atoms with van der Waals surface area (Å²) in [5, 5.41) is 43.8. The topological polar surface area (TPSA) is 161 Å². The van der Waals surface area contributed by atoms with E-state index in [2.05, 4.69) is 0 Å². The molecule has 0 saturated heterocycles. The van der Waals surface area contributed by atoms with E-state index in [0.717, 1.165) is 0 Å². The van der Waals surface area contributed by atoms with E-state index in [-0.39, 0.29) is 29.2 Å². The smallest absolute Gasteiger partial charge is 0.255 e. The number of phenolic OH excluding ortho intramolecular Hbond substituents is 1. The average Bonchev–Trinajstić information content (AvgIpc) is 2.70. The van der Waals surface area contributed by atoms with Crippen molar-refractivity contribution in [1.29, 1.82) is 0 Å². The number of likely N-dealkylation sites (N-methyl/N-ethyl adjacent to an activating group) is 1. The maximum atomic E-state index is 13.7. The highest BCUT2D eigenvalue weighted by molar-refractivity contribution is 6.24. The number of Topliss-reactive ketones (excluding diaryl/α,β-unsaturated/α-hetero) is 2. The number of carbonyl (C=O) groups is 3. The Kier molecular flexibility index (Phi) is 4.94. The lowest BCUT2D eigenvalue weighted by Crippen LogP contribution is -2.66. The van der Waals surface area contributed by atoms with Crippen LogP contribution in [0.15, 0.2) is 35.1 Å². The summed E-state index contributed by atoms with van der Waals surface area (Å²) in [6.45, 7) is 1.90. The summed E-state index contributed by atoms with van der Waals surface area (Å²) in [5.41, 5.74) is 2.51. The molecule has 1 aromatic rings. The van der Waals surface area contributed by atoms with Gasteiger partial charge in [0, 0.05) is 11.5 Å². The Labute approximate surface area is 184 Å². The molecule has 1 fully saturated rings. The quantitative estimate of drug-likeness (QED) is 0.432. The largest absolute Gasteiger partial charge is 0.508 e. The van der Waals surface area contributed by atoms with E-state index in [0.29, 0.717) is 12.0 Å². The lowest BCUT2D eigenvalue weighted by molar-refractivity contribution is -0.154. The van der Waals surface area contributed by atoms with Crippen LogP contribution in [0.4, 0.5) is 0 Å². The number of amides is 1. The van der Waals surface area contributed by atoms with E-state index >= 15 is 0 Å². The second kappa shape index (κ2) is 7.18. The van der Waals surface area contributed by atoms with Gasteiger partial charge in [0.05, 0.1) is 11.6 Å². The first-order valence-corrected chi connectivity index (χ1v) is 10.4. The number of hydrogen-bond acceptors (Lipinski definition) is 8. The molecule has 1 saturated carbocycles. The monoisotopic (exact) mass is 442 g/mol. The van der Waals surface area contributed by atoms with Crippen molar-refractivity contribution in [3.8, 4) is 5.75 Å². The molecule has 3 aliphatic rings. The van der Waals surface area contributed by atoms with Gasteiger partial charge >= 0.3 is 0 Å². The maximum absolute atomic E-state index is 13.7. The summed E-state index contributed by atoms with van der Waals surface area (Å²) < 4.78 is 0. The number of ketones is 2. The molecule has 5 atom stereocenters. The van der Waals surface area contributed by atoms with Crippen molar-refractivity contribution >= 4 is 23.2 Å². The minimum absolute atomic E-state index is 0.0833. The van der Waals surface area contributed by atoms with Crippen molar-refractivity contribution in [3.05, 3.63) is 46.2 Å². The Bertz CT molecular complexity index is 1120. The first kappa shape index (κ1) is 22.0. The number of nitrogens with zero attached hydrogens (tertiary/aromatic N) is 1. The molecule has 0 radical (unpaired) electrons. The van der Waals surface area contributed by atoms with Crippen LogP contribution in [0.25, 0.3) is 5.76 Å². The van der Waals surface area contributed by atoms with Gasteiger partial charge in [-0.05, 0) is 50.4 Å². The Balaban J connectivity index is 2.02. The van der Waals surface area contributed by atoms with E-state index in [1.165, 1.54) is 11.0 Å². The fourth-order valence-electron chi connectivity index (χ4n) is 5.84. The highest BCUT2D eigenvalue weighted by atomic mass is 16.3. The van der Waals surface area contributed by atoms with Crippen LogP contribution in [-0.4, -0.2) is 68.5 Å². The summed E-state index contributed by atoms with van der Waals surface area (Å²) >= 11 is 0. The third-order valence-electron chi connectivity index (χ3n) is 7.19. The third-order valence-corrected chi connectivity index (χ3v) is 7.19. The zero-order valence-corrected chi connectivity index (χ0v) is 18.0. The second-order valence-corrected chi connectivity index (χ2v) is 8.92. The molecular formula is C23H26N2O7. The number of aliphatic hydroxyl groups is 3. The second-order valence-electron chi connectivity index (χ2n) is 8.92. The molecule has 32 heavy (non-hydrogen) atoms. The predicted molar refractivity (Wildman–Crippen MR) is 114 cm³/mol. The molecule has 4 rings (SSSR count). The lowest BCUT2D eigenvalue weighted by Gasteiger charge is -2.51. The number of aromatic hydroxyl groups is 1. The summed E-state index contributed by atoms with van der Waals surface area (Å²) in [5.74, 6) is -6.71. The van der Waals surface area contributed by atoms with Crippen LogP contribution in [0.5, 0.6) is 5.75 Å². The number of aliphatic hydroxyl groups excluding tert-OH is 2. The molecule has 9 nitrogen and oxygen atoms in total. The molecule has 3 aliphatic carbocycles. The molecule has 0 aliphatic heterocycles. The summed E-state index contributed by atoms with van der Waals surface area (Å²) in [4.78, 5) is 40.3. The number of phenols is 1. The van der Waals surface area contributed by atoms with Gasteiger partial charge in [0.25, 0.3) is 5.91 Å². The van der Waals surface area contributed by atoms with E-state index < -0.39 is 58.0 Å². The van der Waals surface area contributed by atoms with Gasteiger partial charge in [-0.3, -0.25) is 19.3 Å². The molecule has 0 bridgehead atoms. The van der Waals surface area contributed by atoms with Gasteiger partial charge in [0.1, 0.15) is 22.8 Å². The molecule has 6 N–H and O–H groups in total. The number of nitrogens with two attached hydrogens (primary N) is 1. The van der Waals surface area contributed by atoms with Crippen molar-refractivity contribution in [2.45, 2.75) is 37.3 Å². The Morgan fingerprint density at radius 2 is 1.88 bits per heavy atom. The molecule has 0 spiro atoms. The highest BCUT2D eigenvalue weighted by Gasteiger charge is 2.64. The van der Waals surface area contributed by atoms with Crippen LogP contribution in [-0.2, 0) is 14.4 Å².